The van der Waals surface area contributed by atoms with Crippen molar-refractivity contribution < 1.29 is 9.53 Å². The van der Waals surface area contributed by atoms with Crippen LogP contribution in [0.3, 0.4) is 0 Å². The van der Waals surface area contributed by atoms with Crippen molar-refractivity contribution in [3.05, 3.63) is 46.1 Å². The van der Waals surface area contributed by atoms with Crippen molar-refractivity contribution in [2.24, 2.45) is 4.99 Å². The van der Waals surface area contributed by atoms with Crippen LogP contribution in [0.25, 0.3) is 5.57 Å². The average Bonchev–Trinajstić information content (AvgIpc) is 2.76. The molecule has 0 N–H and O–H groups in total. The van der Waals surface area contributed by atoms with Crippen LogP contribution in [0.4, 0.5) is 0 Å². The molecule has 2 aliphatic rings. The standard InChI is InChI=1S/C16H17NO2/c1-10(19-11(2)18)12-7-5-8-14-13-6-3-4-9-15(13)17-16(12)14/h3-4,6,9-10H,5,7-8H2,1-2H3. The molecule has 1 aliphatic carbocycles. The average molecular weight is 255 g/mol. The van der Waals surface area contributed by atoms with Crippen molar-refractivity contribution in [2.45, 2.75) is 39.2 Å². The molecule has 1 atom stereocenters. The maximum atomic E-state index is 11.1. The number of nitrogens with zero attached hydrogens (tertiary/aromatic N) is 1. The van der Waals surface area contributed by atoms with E-state index in [0.29, 0.717) is 0 Å². The van der Waals surface area contributed by atoms with Gasteiger partial charge in [-0.1, -0.05) is 18.2 Å². The molecule has 0 aromatic heterocycles. The van der Waals surface area contributed by atoms with E-state index in [4.69, 9.17) is 9.73 Å². The van der Waals surface area contributed by atoms with Gasteiger partial charge >= 0.3 is 5.97 Å². The monoisotopic (exact) mass is 255 g/mol. The van der Waals surface area contributed by atoms with E-state index in [1.165, 1.54) is 17.7 Å². The predicted octanol–water partition coefficient (Wildman–Crippen LogP) is 1.86. The number of rotatable bonds is 2. The quantitative estimate of drug-likeness (QED) is 0.757. The summed E-state index contributed by atoms with van der Waals surface area (Å²) in [6, 6.07) is 8.23. The number of para-hydroxylation sites is 1. The molecule has 1 unspecified atom stereocenters. The number of esters is 1. The number of ether oxygens (including phenoxy) is 1. The Kier molecular flexibility index (Phi) is 2.97. The van der Waals surface area contributed by atoms with E-state index in [1.807, 2.05) is 25.1 Å². The summed E-state index contributed by atoms with van der Waals surface area (Å²) in [6.07, 6.45) is 2.95. The Bertz CT molecular complexity index is 685. The molecular weight excluding hydrogens is 238 g/mol. The first-order valence-electron chi connectivity index (χ1n) is 6.74. The Morgan fingerprint density at radius 2 is 2.11 bits per heavy atom. The first kappa shape index (κ1) is 12.2. The zero-order valence-corrected chi connectivity index (χ0v) is 11.3. The summed E-state index contributed by atoms with van der Waals surface area (Å²) in [4.78, 5) is 15.9. The van der Waals surface area contributed by atoms with Crippen LogP contribution in [0.1, 0.15) is 33.1 Å². The lowest BCUT2D eigenvalue weighted by Crippen LogP contribution is -2.23. The van der Waals surface area contributed by atoms with Crippen molar-refractivity contribution >= 4 is 11.5 Å². The SMILES string of the molecule is CC(=O)OC(C)C1=C2N=c3ccccc3=C2CCC1. The summed E-state index contributed by atoms with van der Waals surface area (Å²) in [6.45, 7) is 3.39. The summed E-state index contributed by atoms with van der Waals surface area (Å²) >= 11 is 0. The van der Waals surface area contributed by atoms with E-state index < -0.39 is 0 Å². The summed E-state index contributed by atoms with van der Waals surface area (Å²) in [5.74, 6) is -0.233. The third-order valence-electron chi connectivity index (χ3n) is 3.76. The highest BCUT2D eigenvalue weighted by molar-refractivity contribution is 5.70. The maximum absolute atomic E-state index is 11.1. The molecule has 3 rings (SSSR count). The van der Waals surface area contributed by atoms with Gasteiger partial charge < -0.3 is 4.74 Å². The number of hydrogen-bond acceptors (Lipinski definition) is 3. The molecule has 0 amide bonds. The number of benzene rings is 1. The van der Waals surface area contributed by atoms with Crippen molar-refractivity contribution in [3.63, 3.8) is 0 Å². The van der Waals surface area contributed by atoms with E-state index in [2.05, 4.69) is 6.07 Å². The number of hydrogen-bond donors (Lipinski definition) is 0. The Morgan fingerprint density at radius 1 is 1.32 bits per heavy atom. The van der Waals surface area contributed by atoms with Gasteiger partial charge in [0.25, 0.3) is 0 Å². The molecule has 0 fully saturated rings. The van der Waals surface area contributed by atoms with E-state index >= 15 is 0 Å². The second kappa shape index (κ2) is 4.65. The zero-order chi connectivity index (χ0) is 13.4. The fourth-order valence-electron chi connectivity index (χ4n) is 2.95. The molecule has 0 spiro atoms. The lowest BCUT2D eigenvalue weighted by Gasteiger charge is -2.23. The van der Waals surface area contributed by atoms with Crippen LogP contribution >= 0.6 is 0 Å². The minimum absolute atomic E-state index is 0.180. The van der Waals surface area contributed by atoms with Gasteiger partial charge in [-0.15, -0.1) is 0 Å². The zero-order valence-electron chi connectivity index (χ0n) is 11.3. The number of allylic oxidation sites excluding steroid dienone is 1. The van der Waals surface area contributed by atoms with Crippen molar-refractivity contribution in [1.29, 1.82) is 0 Å². The highest BCUT2D eigenvalue weighted by Crippen LogP contribution is 2.34. The molecule has 3 heteroatoms. The van der Waals surface area contributed by atoms with Crippen LogP contribution < -0.4 is 10.6 Å². The van der Waals surface area contributed by atoms with Crippen molar-refractivity contribution in [3.8, 4) is 0 Å². The first-order chi connectivity index (χ1) is 9.16. The summed E-state index contributed by atoms with van der Waals surface area (Å²) < 4.78 is 5.33. The molecule has 3 nitrogen and oxygen atoms in total. The summed E-state index contributed by atoms with van der Waals surface area (Å²) in [5.41, 5.74) is 3.53. The summed E-state index contributed by atoms with van der Waals surface area (Å²) in [7, 11) is 0. The molecule has 0 radical (unpaired) electrons. The molecule has 0 bridgehead atoms. The normalized spacial score (nSPS) is 18.5. The molecule has 1 heterocycles. The second-order valence-corrected chi connectivity index (χ2v) is 5.09. The van der Waals surface area contributed by atoms with Gasteiger partial charge in [0.05, 0.1) is 11.1 Å². The fraction of sp³-hybridized carbons (Fsp3) is 0.375. The molecule has 98 valence electrons. The van der Waals surface area contributed by atoms with Crippen LogP contribution in [0.15, 0.2) is 40.5 Å². The van der Waals surface area contributed by atoms with Gasteiger partial charge in [0.1, 0.15) is 6.10 Å². The van der Waals surface area contributed by atoms with Gasteiger partial charge in [0, 0.05) is 12.1 Å². The molecule has 1 aromatic rings. The van der Waals surface area contributed by atoms with Gasteiger partial charge in [-0.2, -0.15) is 0 Å². The first-order valence-corrected chi connectivity index (χ1v) is 6.74. The highest BCUT2D eigenvalue weighted by Gasteiger charge is 2.25. The Morgan fingerprint density at radius 3 is 2.89 bits per heavy atom. The molecule has 19 heavy (non-hydrogen) atoms. The van der Waals surface area contributed by atoms with Crippen LogP contribution in [-0.4, -0.2) is 12.1 Å². The van der Waals surface area contributed by atoms with Crippen LogP contribution in [-0.2, 0) is 9.53 Å². The topological polar surface area (TPSA) is 38.7 Å². The minimum Gasteiger partial charge on any atom is -0.458 e. The lowest BCUT2D eigenvalue weighted by atomic mass is 9.89. The van der Waals surface area contributed by atoms with Crippen LogP contribution in [0, 0.1) is 0 Å². The minimum atomic E-state index is -0.233. The smallest absolute Gasteiger partial charge is 0.303 e. The number of carbonyl (C=O) groups is 1. The van der Waals surface area contributed by atoms with E-state index in [-0.39, 0.29) is 12.1 Å². The fourth-order valence-corrected chi connectivity index (χ4v) is 2.95. The van der Waals surface area contributed by atoms with Crippen molar-refractivity contribution in [1.82, 2.24) is 0 Å². The molecule has 0 saturated heterocycles. The third-order valence-corrected chi connectivity index (χ3v) is 3.76. The van der Waals surface area contributed by atoms with Crippen LogP contribution in [0.2, 0.25) is 0 Å². The van der Waals surface area contributed by atoms with E-state index in [9.17, 15) is 4.79 Å². The van der Waals surface area contributed by atoms with Gasteiger partial charge in [-0.25, -0.2) is 4.99 Å². The molecule has 1 aliphatic heterocycles. The number of fused-ring (bicyclic) bond motifs is 2. The van der Waals surface area contributed by atoms with Gasteiger partial charge in [0.15, 0.2) is 0 Å². The number of carbonyl (C=O) groups excluding carboxylic acids is 1. The molecular formula is C16H17NO2. The van der Waals surface area contributed by atoms with Gasteiger partial charge in [-0.05, 0) is 43.4 Å². The predicted molar refractivity (Wildman–Crippen MR) is 72.7 cm³/mol. The van der Waals surface area contributed by atoms with Gasteiger partial charge in [0.2, 0.25) is 0 Å². The Labute approximate surface area is 112 Å². The van der Waals surface area contributed by atoms with Crippen LogP contribution in [0.5, 0.6) is 0 Å². The highest BCUT2D eigenvalue weighted by atomic mass is 16.5. The Hall–Kier alpha value is -1.90. The third kappa shape index (κ3) is 2.09. The largest absolute Gasteiger partial charge is 0.458 e. The lowest BCUT2D eigenvalue weighted by molar-refractivity contribution is -0.143. The second-order valence-electron chi connectivity index (χ2n) is 5.09. The van der Waals surface area contributed by atoms with Crippen molar-refractivity contribution in [2.75, 3.05) is 0 Å². The summed E-state index contributed by atoms with van der Waals surface area (Å²) in [5, 5.41) is 2.28. The Balaban J connectivity index is 2.12. The van der Waals surface area contributed by atoms with Gasteiger partial charge in [-0.3, -0.25) is 4.79 Å². The van der Waals surface area contributed by atoms with E-state index in [0.717, 1.165) is 35.9 Å². The maximum Gasteiger partial charge on any atom is 0.303 e. The van der Waals surface area contributed by atoms with E-state index in [1.54, 1.807) is 0 Å². The molecule has 0 saturated carbocycles. The molecule has 1 aromatic carbocycles.